The van der Waals surface area contributed by atoms with Crippen LogP contribution in [0, 0.1) is 12.3 Å². The molecule has 0 saturated heterocycles. The Labute approximate surface area is 119 Å². The number of rotatable bonds is 4. The Hall–Kier alpha value is -2.01. The summed E-state index contributed by atoms with van der Waals surface area (Å²) >= 11 is 0. The van der Waals surface area contributed by atoms with Gasteiger partial charge in [0.05, 0.1) is 19.2 Å². The van der Waals surface area contributed by atoms with Crippen molar-refractivity contribution in [3.8, 4) is 12.3 Å². The molecule has 2 heterocycles. The van der Waals surface area contributed by atoms with Crippen molar-refractivity contribution in [1.82, 2.24) is 14.9 Å². The zero-order valence-electron chi connectivity index (χ0n) is 11.1. The normalized spacial score (nSPS) is 15.9. The van der Waals surface area contributed by atoms with Gasteiger partial charge in [-0.25, -0.2) is 4.98 Å². The minimum atomic E-state index is -4.39. The molecule has 1 amide bonds. The molecule has 0 radical (unpaired) electrons. The summed E-state index contributed by atoms with van der Waals surface area (Å²) in [5, 5.41) is 2.32. The predicted molar refractivity (Wildman–Crippen MR) is 67.3 cm³/mol. The lowest BCUT2D eigenvalue weighted by molar-refractivity contribution is -0.139. The molecule has 0 spiro atoms. The Morgan fingerprint density at radius 1 is 1.62 bits per heavy atom. The molecule has 1 aromatic heterocycles. The quantitative estimate of drug-likeness (QED) is 0.857. The van der Waals surface area contributed by atoms with Crippen molar-refractivity contribution >= 4 is 5.91 Å². The standard InChI is InChI=1S/C13H14F3N3O2/c1-2-3-9(6-13(14,15)16)18-12(20)10-7-17-11-8-21-5-4-19(10)11/h1,7,9H,3-6,8H2,(H,18,20). The Balaban J connectivity index is 2.08. The molecule has 1 aliphatic rings. The van der Waals surface area contributed by atoms with E-state index in [0.29, 0.717) is 19.0 Å². The molecular formula is C13H14F3N3O2. The maximum absolute atomic E-state index is 12.4. The fraction of sp³-hybridized carbons (Fsp3) is 0.538. The molecule has 0 saturated carbocycles. The predicted octanol–water partition coefficient (Wildman–Crippen LogP) is 1.49. The second kappa shape index (κ2) is 6.18. The van der Waals surface area contributed by atoms with E-state index in [1.54, 1.807) is 4.57 Å². The Kier molecular flexibility index (Phi) is 4.53. The van der Waals surface area contributed by atoms with Gasteiger partial charge in [0.15, 0.2) is 0 Å². The SMILES string of the molecule is C#CCC(CC(F)(F)F)NC(=O)c1cnc2n1CCOC2. The van der Waals surface area contributed by atoms with Crippen LogP contribution < -0.4 is 5.32 Å². The van der Waals surface area contributed by atoms with Gasteiger partial charge in [0.1, 0.15) is 18.1 Å². The number of halogens is 3. The molecule has 0 fully saturated rings. The van der Waals surface area contributed by atoms with Crippen molar-refractivity contribution in [3.63, 3.8) is 0 Å². The van der Waals surface area contributed by atoms with Gasteiger partial charge in [-0.1, -0.05) is 0 Å². The van der Waals surface area contributed by atoms with Crippen LogP contribution >= 0.6 is 0 Å². The van der Waals surface area contributed by atoms with Crippen LogP contribution in [-0.2, 0) is 17.9 Å². The summed E-state index contributed by atoms with van der Waals surface area (Å²) in [7, 11) is 0. The van der Waals surface area contributed by atoms with Crippen molar-refractivity contribution in [3.05, 3.63) is 17.7 Å². The van der Waals surface area contributed by atoms with E-state index in [1.165, 1.54) is 6.20 Å². The number of carbonyl (C=O) groups excluding carboxylic acids is 1. The van der Waals surface area contributed by atoms with E-state index < -0.39 is 24.5 Å². The molecule has 0 aliphatic carbocycles. The van der Waals surface area contributed by atoms with E-state index in [9.17, 15) is 18.0 Å². The molecule has 1 atom stereocenters. The minimum Gasteiger partial charge on any atom is -0.372 e. The summed E-state index contributed by atoms with van der Waals surface area (Å²) in [4.78, 5) is 16.1. The smallest absolute Gasteiger partial charge is 0.372 e. The number of alkyl halides is 3. The average Bonchev–Trinajstić information content (AvgIpc) is 2.80. The van der Waals surface area contributed by atoms with E-state index in [-0.39, 0.29) is 18.7 Å². The largest absolute Gasteiger partial charge is 0.391 e. The zero-order chi connectivity index (χ0) is 15.5. The average molecular weight is 301 g/mol. The van der Waals surface area contributed by atoms with E-state index >= 15 is 0 Å². The summed E-state index contributed by atoms with van der Waals surface area (Å²) in [5.41, 5.74) is 0.220. The first-order chi connectivity index (χ1) is 9.90. The van der Waals surface area contributed by atoms with Crippen molar-refractivity contribution in [1.29, 1.82) is 0 Å². The number of nitrogens with zero attached hydrogens (tertiary/aromatic N) is 2. The lowest BCUT2D eigenvalue weighted by Crippen LogP contribution is -2.39. The molecular weight excluding hydrogens is 287 g/mol. The molecule has 21 heavy (non-hydrogen) atoms. The number of terminal acetylenes is 1. The highest BCUT2D eigenvalue weighted by Gasteiger charge is 2.33. The van der Waals surface area contributed by atoms with Crippen LogP contribution in [0.4, 0.5) is 13.2 Å². The van der Waals surface area contributed by atoms with Crippen molar-refractivity contribution in [2.75, 3.05) is 6.61 Å². The molecule has 5 nitrogen and oxygen atoms in total. The van der Waals surface area contributed by atoms with E-state index in [2.05, 4.69) is 16.2 Å². The van der Waals surface area contributed by atoms with Crippen LogP contribution in [0.3, 0.4) is 0 Å². The summed E-state index contributed by atoms with van der Waals surface area (Å²) in [5.74, 6) is 2.11. The van der Waals surface area contributed by atoms with Gasteiger partial charge in [0, 0.05) is 19.0 Å². The third-order valence-electron chi connectivity index (χ3n) is 3.04. The van der Waals surface area contributed by atoms with E-state index in [0.717, 1.165) is 0 Å². The van der Waals surface area contributed by atoms with Gasteiger partial charge in [0.2, 0.25) is 0 Å². The monoisotopic (exact) mass is 301 g/mol. The number of amides is 1. The topological polar surface area (TPSA) is 56.2 Å². The molecule has 8 heteroatoms. The molecule has 1 N–H and O–H groups in total. The molecule has 0 bridgehead atoms. The third-order valence-corrected chi connectivity index (χ3v) is 3.04. The fourth-order valence-corrected chi connectivity index (χ4v) is 2.13. The van der Waals surface area contributed by atoms with Gasteiger partial charge in [-0.3, -0.25) is 4.79 Å². The van der Waals surface area contributed by atoms with Gasteiger partial charge in [-0.05, 0) is 0 Å². The first-order valence-electron chi connectivity index (χ1n) is 6.34. The van der Waals surface area contributed by atoms with Gasteiger partial charge < -0.3 is 14.6 Å². The van der Waals surface area contributed by atoms with Crippen LogP contribution in [0.15, 0.2) is 6.20 Å². The fourth-order valence-electron chi connectivity index (χ4n) is 2.13. The molecule has 1 aromatic rings. The zero-order valence-corrected chi connectivity index (χ0v) is 11.1. The van der Waals surface area contributed by atoms with Crippen LogP contribution in [0.1, 0.15) is 29.2 Å². The van der Waals surface area contributed by atoms with Crippen LogP contribution in [0.2, 0.25) is 0 Å². The number of ether oxygens (including phenoxy) is 1. The summed E-state index contributed by atoms with van der Waals surface area (Å²) in [6, 6.07) is -1.14. The van der Waals surface area contributed by atoms with E-state index in [1.807, 2.05) is 0 Å². The minimum absolute atomic E-state index is 0.185. The summed E-state index contributed by atoms with van der Waals surface area (Å²) in [6.45, 7) is 1.15. The molecule has 1 aliphatic heterocycles. The van der Waals surface area contributed by atoms with Gasteiger partial charge >= 0.3 is 6.18 Å². The van der Waals surface area contributed by atoms with Gasteiger partial charge in [-0.15, -0.1) is 12.3 Å². The number of hydrogen-bond acceptors (Lipinski definition) is 3. The number of aromatic nitrogens is 2. The Morgan fingerprint density at radius 3 is 3.05 bits per heavy atom. The second-order valence-corrected chi connectivity index (χ2v) is 4.66. The lowest BCUT2D eigenvalue weighted by Gasteiger charge is -2.20. The van der Waals surface area contributed by atoms with Crippen LogP contribution in [-0.4, -0.2) is 34.3 Å². The van der Waals surface area contributed by atoms with Crippen LogP contribution in [0.5, 0.6) is 0 Å². The first-order valence-corrected chi connectivity index (χ1v) is 6.34. The first kappa shape index (κ1) is 15.4. The number of carbonyl (C=O) groups is 1. The van der Waals surface area contributed by atoms with Crippen molar-refractivity contribution < 1.29 is 22.7 Å². The second-order valence-electron chi connectivity index (χ2n) is 4.66. The highest BCUT2D eigenvalue weighted by atomic mass is 19.4. The van der Waals surface area contributed by atoms with Crippen molar-refractivity contribution in [2.45, 2.75) is 38.2 Å². The van der Waals surface area contributed by atoms with Gasteiger partial charge in [0.25, 0.3) is 5.91 Å². The highest BCUT2D eigenvalue weighted by Crippen LogP contribution is 2.23. The summed E-state index contributed by atoms with van der Waals surface area (Å²) < 4.78 is 44.1. The highest BCUT2D eigenvalue weighted by molar-refractivity contribution is 5.92. The van der Waals surface area contributed by atoms with Crippen LogP contribution in [0.25, 0.3) is 0 Å². The number of nitrogens with one attached hydrogen (secondary N) is 1. The molecule has 0 aromatic carbocycles. The van der Waals surface area contributed by atoms with Gasteiger partial charge in [-0.2, -0.15) is 13.2 Å². The summed E-state index contributed by atoms with van der Waals surface area (Å²) in [6.07, 6.45) is 0.650. The van der Waals surface area contributed by atoms with Crippen molar-refractivity contribution in [2.24, 2.45) is 0 Å². The molecule has 1 unspecified atom stereocenters. The maximum Gasteiger partial charge on any atom is 0.391 e. The lowest BCUT2D eigenvalue weighted by atomic mass is 10.1. The number of imidazole rings is 1. The maximum atomic E-state index is 12.4. The molecule has 2 rings (SSSR count). The Bertz CT molecular complexity index is 560. The molecule has 114 valence electrons. The number of fused-ring (bicyclic) bond motifs is 1. The number of hydrogen-bond donors (Lipinski definition) is 1. The third kappa shape index (κ3) is 3.98. The Morgan fingerprint density at radius 2 is 2.38 bits per heavy atom. The van der Waals surface area contributed by atoms with E-state index in [4.69, 9.17) is 11.2 Å².